The van der Waals surface area contributed by atoms with Crippen LogP contribution in [0.5, 0.6) is 0 Å². The Morgan fingerprint density at radius 1 is 0.481 bits per heavy atom. The molecule has 35 atom stereocenters. The topological polar surface area (TPSA) is 630 Å². The van der Waals surface area contributed by atoms with Crippen molar-refractivity contribution in [2.24, 2.45) is 16.7 Å². The molecule has 8 heterocycles. The number of aliphatic hydroxyl groups excluding tert-OH is 20. The molecular weight excluding hydrogens is 1880 g/mol. The lowest BCUT2D eigenvalue weighted by atomic mass is 9.82. The van der Waals surface area contributed by atoms with Crippen molar-refractivity contribution in [2.45, 2.75) is 301 Å². The average Bonchev–Trinajstić information content (AvgIpc) is 0.769. The standard InChI is InChI=1S/C38H55NO15S5.C26H37NO11.C26H39NO11/c1-3-56-38(55)58-27(18-22(2)35(47)51-15-14-48-12-13-49-16-17-57-59-28-6-4-5-11-39-28)24-9-7-23(8-10-24)20-50-21-26-30(42)32(44)34(46)37(53-26)54-36-33(45)31(43)29(41)25(19-40)52-36;1-12(8-26(2,3)11-27)13-4-6-14(7-5-13)23-34-10-16-22(37-23)19(31)21(33)25(36-16)38-24-20(32)18(30)17(29)15(9-28)35-24;1-13(8-26(2,3)12-27)15-6-4-14(5-7-15)10-35-11-17-19(30)21(32)23(34)25(37-17)38-24-22(33)20(31)18(29)16(9-28)36-24/h4-11,22,25-27,29-34,36-37,40-46H,3,12-21H2,1-2H3;4-7,12,15-25,28-33H,8-10H2,1-3H3;4-7,13,16-25,28-34H,8-11H2,1-3H3/t22?,25-,26-,27?,29-,30-,31+,32+,33-,34-,36-,37-;12?,15-,16-,17-,18+,19-,20-,21-,22-,23?,24-,25-;13?,16-,17-,18-,19-,20+,21+,22-,23-,24-,25-/m111/s1. The van der Waals surface area contributed by atoms with Crippen LogP contribution in [0.1, 0.15) is 131 Å². The summed E-state index contributed by atoms with van der Waals surface area (Å²) in [6, 6.07) is 33.3. The molecule has 7 fully saturated rings. The smallest absolute Gasteiger partial charge is 0.308 e. The molecule has 11 rings (SSSR count). The van der Waals surface area contributed by atoms with Crippen molar-refractivity contribution in [1.29, 1.82) is 10.5 Å². The summed E-state index contributed by atoms with van der Waals surface area (Å²) in [4.78, 5) is 17.2. The van der Waals surface area contributed by atoms with Gasteiger partial charge in [-0.1, -0.05) is 141 Å². The minimum Gasteiger partial charge on any atom is -0.463 e. The molecule has 3 aromatic carbocycles. The van der Waals surface area contributed by atoms with Crippen LogP contribution in [0.2, 0.25) is 0 Å². The van der Waals surface area contributed by atoms with Crippen molar-refractivity contribution in [3.05, 3.63) is 131 Å². The number of rotatable bonds is 41. The van der Waals surface area contributed by atoms with Gasteiger partial charge in [-0.15, -0.1) is 11.8 Å². The fourth-order valence-electron chi connectivity index (χ4n) is 15.5. The van der Waals surface area contributed by atoms with Gasteiger partial charge in [-0.2, -0.15) is 10.5 Å². The van der Waals surface area contributed by atoms with Gasteiger partial charge >= 0.3 is 5.97 Å². The summed E-state index contributed by atoms with van der Waals surface area (Å²) in [5.74, 6) is 1.25. The third-order valence-corrected chi connectivity index (χ3v) is 28.4. The molecule has 45 heteroatoms. The van der Waals surface area contributed by atoms with Gasteiger partial charge in [0.25, 0.3) is 0 Å². The van der Waals surface area contributed by atoms with Crippen LogP contribution in [0, 0.1) is 39.4 Å². The summed E-state index contributed by atoms with van der Waals surface area (Å²) < 4.78 is 90.0. The molecule has 0 aliphatic carbocycles. The second-order valence-corrected chi connectivity index (χ2v) is 41.2. The maximum Gasteiger partial charge on any atom is 0.308 e. The van der Waals surface area contributed by atoms with Gasteiger partial charge in [0.1, 0.15) is 162 Å². The molecular formula is C90H131N3O37S5. The Morgan fingerprint density at radius 2 is 0.874 bits per heavy atom. The lowest BCUT2D eigenvalue weighted by Gasteiger charge is -2.48. The van der Waals surface area contributed by atoms with E-state index >= 15 is 0 Å². The molecule has 40 nitrogen and oxygen atoms in total. The predicted molar refractivity (Wildman–Crippen MR) is 486 cm³/mol. The van der Waals surface area contributed by atoms with Gasteiger partial charge in [0.2, 0.25) is 0 Å². The average molecular weight is 2010 g/mol. The van der Waals surface area contributed by atoms with Gasteiger partial charge in [0.15, 0.2) is 44.0 Å². The fourth-order valence-corrected chi connectivity index (χ4v) is 20.1. The number of ether oxygens (including phenoxy) is 16. The highest BCUT2D eigenvalue weighted by atomic mass is 33.1. The number of benzene rings is 3. The van der Waals surface area contributed by atoms with Crippen LogP contribution >= 0.6 is 57.3 Å². The zero-order chi connectivity index (χ0) is 98.7. The number of fused-ring (bicyclic) bond motifs is 1. The molecule has 0 bridgehead atoms. The number of carbonyl (C=O) groups is 1. The van der Waals surface area contributed by atoms with E-state index in [1.165, 1.54) is 11.8 Å². The second-order valence-electron chi connectivity index (χ2n) is 35.1. The van der Waals surface area contributed by atoms with Gasteiger partial charge in [-0.05, 0) is 115 Å². The van der Waals surface area contributed by atoms with Crippen LogP contribution in [-0.4, -0.2) is 385 Å². The third kappa shape index (κ3) is 32.7. The normalized spacial score (nSPS) is 34.2. The van der Waals surface area contributed by atoms with Crippen LogP contribution in [0.3, 0.4) is 0 Å². The zero-order valence-corrected chi connectivity index (χ0v) is 80.0. The van der Waals surface area contributed by atoms with Gasteiger partial charge in [-0.25, -0.2) is 4.98 Å². The fraction of sp³-hybridized carbons (Fsp3) is 0.700. The Labute approximate surface area is 804 Å². The quantitative estimate of drug-likeness (QED) is 0.0123. The zero-order valence-electron chi connectivity index (χ0n) is 75.9. The maximum atomic E-state index is 12.9. The molecule has 0 radical (unpaired) electrons. The molecule has 7 aliphatic heterocycles. The number of thioether (sulfide) groups is 2. The second kappa shape index (κ2) is 55.3. The summed E-state index contributed by atoms with van der Waals surface area (Å²) in [6.45, 7) is 15.3. The van der Waals surface area contributed by atoms with E-state index in [1.807, 2.05) is 133 Å². The number of aromatic nitrogens is 1. The first-order valence-corrected chi connectivity index (χ1v) is 49.0. The minimum absolute atomic E-state index is 0.00215. The third-order valence-electron chi connectivity index (χ3n) is 23.4. The minimum atomic E-state index is -1.77. The van der Waals surface area contributed by atoms with E-state index in [0.29, 0.717) is 38.2 Å². The molecule has 7 saturated heterocycles. The molecule has 135 heavy (non-hydrogen) atoms. The molecule has 5 unspecified atom stereocenters. The number of thiocarbonyl (C=S) groups is 1. The van der Waals surface area contributed by atoms with Crippen molar-refractivity contribution in [2.75, 3.05) is 84.2 Å². The number of nitriles is 2. The molecule has 4 aromatic rings. The largest absolute Gasteiger partial charge is 0.463 e. The summed E-state index contributed by atoms with van der Waals surface area (Å²) in [7, 11) is 3.28. The molecule has 0 spiro atoms. The summed E-state index contributed by atoms with van der Waals surface area (Å²) in [5, 5.41) is 222. The van der Waals surface area contributed by atoms with Crippen molar-refractivity contribution >= 4 is 66.8 Å². The van der Waals surface area contributed by atoms with Gasteiger partial charge < -0.3 is 178 Å². The predicted octanol–water partition coefficient (Wildman–Crippen LogP) is 0.356. The first-order chi connectivity index (χ1) is 64.3. The highest BCUT2D eigenvalue weighted by molar-refractivity contribution is 8.76. The van der Waals surface area contributed by atoms with E-state index in [9.17, 15) is 117 Å². The van der Waals surface area contributed by atoms with Crippen molar-refractivity contribution in [3.63, 3.8) is 0 Å². The van der Waals surface area contributed by atoms with Crippen molar-refractivity contribution < 1.29 is 183 Å². The lowest BCUT2D eigenvalue weighted by molar-refractivity contribution is -0.399. The molecule has 0 amide bonds. The number of carbonyl (C=O) groups excluding carboxylic acids is 1. The number of aliphatic hydroxyl groups is 20. The Hall–Kier alpha value is -4.65. The van der Waals surface area contributed by atoms with Crippen molar-refractivity contribution in [3.8, 4) is 12.1 Å². The van der Waals surface area contributed by atoms with Gasteiger partial charge in [0.05, 0.1) is 108 Å². The number of hydrogen-bond acceptors (Lipinski definition) is 45. The first kappa shape index (κ1) is 114. The van der Waals surface area contributed by atoms with E-state index in [1.54, 1.807) is 39.5 Å². The van der Waals surface area contributed by atoms with Gasteiger partial charge in [-0.3, -0.25) is 4.79 Å². The number of hydrogen-bond donors (Lipinski definition) is 20. The Bertz CT molecular complexity index is 4180. The Kier molecular flexibility index (Phi) is 46.6. The molecule has 758 valence electrons. The number of pyridine rings is 1. The number of nitrogens with zero attached hydrogens (tertiary/aromatic N) is 3. The van der Waals surface area contributed by atoms with Gasteiger partial charge in [0, 0.05) is 22.8 Å². The van der Waals surface area contributed by atoms with Crippen LogP contribution in [-0.2, 0) is 93.8 Å². The van der Waals surface area contributed by atoms with Crippen LogP contribution in [0.4, 0.5) is 0 Å². The molecule has 20 N–H and O–H groups in total. The van der Waals surface area contributed by atoms with Crippen LogP contribution in [0.15, 0.2) is 102 Å². The highest BCUT2D eigenvalue weighted by Crippen LogP contribution is 2.42. The molecule has 0 saturated carbocycles. The highest BCUT2D eigenvalue weighted by Gasteiger charge is 2.55. The first-order valence-electron chi connectivity index (χ1n) is 44.4. The van der Waals surface area contributed by atoms with E-state index in [4.69, 9.17) is 88.0 Å². The summed E-state index contributed by atoms with van der Waals surface area (Å²) in [5.41, 5.74) is 4.57. The van der Waals surface area contributed by atoms with Crippen molar-refractivity contribution in [1.82, 2.24) is 4.98 Å². The Morgan fingerprint density at radius 3 is 1.29 bits per heavy atom. The molecule has 1 aromatic heterocycles. The van der Waals surface area contributed by atoms with Crippen LogP contribution < -0.4 is 0 Å². The van der Waals surface area contributed by atoms with E-state index in [2.05, 4.69) is 31.0 Å². The van der Waals surface area contributed by atoms with E-state index in [0.717, 1.165) is 54.3 Å². The Balaban J connectivity index is 0.000000236. The van der Waals surface area contributed by atoms with E-state index < -0.39 is 227 Å². The maximum absolute atomic E-state index is 12.9. The molecule has 7 aliphatic rings. The lowest BCUT2D eigenvalue weighted by Crippen LogP contribution is -2.65. The summed E-state index contributed by atoms with van der Waals surface area (Å²) in [6.07, 6.45) is -42.5. The summed E-state index contributed by atoms with van der Waals surface area (Å²) >= 11 is 8.68. The van der Waals surface area contributed by atoms with E-state index in [-0.39, 0.29) is 69.3 Å². The SMILES string of the molecule is CC(CC(C)(C)C#N)c1ccc(C2OC[C@H]3O[C@H](O[C@H]4O[C@H](CO)[C@@H](O)[C@H](O)[C@H]4O)[C@H](O)[C@@H](O)[C@@H]3O2)cc1.CC(CC(C)(C)C#N)c1ccc(COC[C@H]2O[C@H](O[C@H]3O[C@H](CO)[C@@H](O)[C@H](O)[C@H]3O)[C@H](O)[C@@H](O)[C@@H]2O)cc1.CCSC(=S)SC(CC(C)C(=O)OCCOCCOCCSSc1ccccn1)c1ccc(COC[C@H]2O[C@H](O[C@H]3O[C@H](CO)[C@@H](O)[C@H](O)[C@H]3O)[C@H](O)[C@@H](O)[C@@H]2O)cc1. The number of esters is 1. The monoisotopic (exact) mass is 2010 g/mol. The van der Waals surface area contributed by atoms with Crippen LogP contribution in [0.25, 0.3) is 0 Å².